The molecule has 0 aliphatic heterocycles. The van der Waals surface area contributed by atoms with E-state index in [1.807, 2.05) is 12.1 Å². The van der Waals surface area contributed by atoms with Crippen LogP contribution < -0.4 is 0 Å². The molecule has 0 aliphatic carbocycles. The van der Waals surface area contributed by atoms with E-state index in [2.05, 4.69) is 221 Å². The minimum Gasteiger partial charge on any atom is -0.308 e. The number of rotatable bonds is 7. The molecule has 12 rings (SSSR count). The largest absolute Gasteiger partial charge is 0.308 e. The van der Waals surface area contributed by atoms with E-state index in [4.69, 9.17) is 15.0 Å². The van der Waals surface area contributed by atoms with Crippen LogP contribution in [0.15, 0.2) is 224 Å². The molecule has 3 aromatic heterocycles. The standard InChI is InChI=1S/C57H37N5/c1-4-16-38(17-5-1)40-28-32-43(33-29-40)55-58-56(44-34-30-41(31-35-44)39-18-6-2-7-19-39)60-57(59-55)62-51-27-15-12-24-48(51)53-52(62)37-36-47-46-23-11-14-26-50(46)61(54(47)53)49-25-13-10-22-45(49)42-20-8-3-9-21-42/h1-37H. The molecule has 12 aromatic rings. The van der Waals surface area contributed by atoms with Crippen LogP contribution in [0.25, 0.3) is 111 Å². The lowest BCUT2D eigenvalue weighted by Crippen LogP contribution is -2.06. The summed E-state index contributed by atoms with van der Waals surface area (Å²) in [4.78, 5) is 15.8. The van der Waals surface area contributed by atoms with Crippen LogP contribution in [0.1, 0.15) is 0 Å². The van der Waals surface area contributed by atoms with Crippen molar-refractivity contribution in [1.29, 1.82) is 0 Å². The van der Waals surface area contributed by atoms with E-state index in [-0.39, 0.29) is 0 Å². The number of para-hydroxylation sites is 3. The number of benzene rings is 9. The fraction of sp³-hybridized carbons (Fsp3) is 0. The second-order valence-electron chi connectivity index (χ2n) is 15.6. The summed E-state index contributed by atoms with van der Waals surface area (Å²) in [6, 6.07) is 79.2. The summed E-state index contributed by atoms with van der Waals surface area (Å²) in [5.41, 5.74) is 14.2. The molecule has 62 heavy (non-hydrogen) atoms. The molecule has 5 nitrogen and oxygen atoms in total. The minimum atomic E-state index is 0.558. The Balaban J connectivity index is 1.12. The van der Waals surface area contributed by atoms with Crippen LogP contribution in [0.4, 0.5) is 0 Å². The maximum absolute atomic E-state index is 5.33. The second kappa shape index (κ2) is 14.7. The molecule has 0 atom stereocenters. The Bertz CT molecular complexity index is 3490. The first-order chi connectivity index (χ1) is 30.8. The summed E-state index contributed by atoms with van der Waals surface area (Å²) < 4.78 is 4.68. The smallest absolute Gasteiger partial charge is 0.238 e. The zero-order chi connectivity index (χ0) is 41.0. The SMILES string of the molecule is c1ccc(-c2ccc(-c3nc(-c4ccc(-c5ccccc5)cc4)nc(-n4c5ccccc5c5c4ccc4c6ccccc6n(-c6ccccc6-c6ccccc6)c45)n3)cc2)cc1. The Hall–Kier alpha value is -8.41. The Morgan fingerprint density at radius 2 is 0.726 bits per heavy atom. The highest BCUT2D eigenvalue weighted by Gasteiger charge is 2.24. The molecule has 290 valence electrons. The average Bonchev–Trinajstić information content (AvgIpc) is 3.88. The molecule has 3 heterocycles. The summed E-state index contributed by atoms with van der Waals surface area (Å²) in [6.07, 6.45) is 0. The lowest BCUT2D eigenvalue weighted by Gasteiger charge is -2.15. The van der Waals surface area contributed by atoms with Gasteiger partial charge in [-0.05, 0) is 52.1 Å². The van der Waals surface area contributed by atoms with E-state index in [9.17, 15) is 0 Å². The highest BCUT2D eigenvalue weighted by atomic mass is 15.2. The lowest BCUT2D eigenvalue weighted by molar-refractivity contribution is 0.953. The quantitative estimate of drug-likeness (QED) is 0.162. The van der Waals surface area contributed by atoms with Gasteiger partial charge in [0.1, 0.15) is 0 Å². The van der Waals surface area contributed by atoms with Crippen molar-refractivity contribution in [1.82, 2.24) is 24.1 Å². The molecule has 0 spiro atoms. The van der Waals surface area contributed by atoms with E-state index in [1.165, 1.54) is 21.9 Å². The third-order valence-electron chi connectivity index (χ3n) is 12.0. The molecule has 0 saturated carbocycles. The Morgan fingerprint density at radius 3 is 1.32 bits per heavy atom. The maximum Gasteiger partial charge on any atom is 0.238 e. The van der Waals surface area contributed by atoms with Gasteiger partial charge >= 0.3 is 0 Å². The predicted octanol–water partition coefficient (Wildman–Crippen LogP) is 14.4. The molecular formula is C57H37N5. The van der Waals surface area contributed by atoms with Crippen LogP contribution in [-0.2, 0) is 0 Å². The van der Waals surface area contributed by atoms with Crippen LogP contribution in [0.5, 0.6) is 0 Å². The van der Waals surface area contributed by atoms with Crippen molar-refractivity contribution in [3.63, 3.8) is 0 Å². The molecule has 5 heteroatoms. The molecular weight excluding hydrogens is 755 g/mol. The Morgan fingerprint density at radius 1 is 0.274 bits per heavy atom. The van der Waals surface area contributed by atoms with Crippen LogP contribution in [0.2, 0.25) is 0 Å². The summed E-state index contributed by atoms with van der Waals surface area (Å²) in [6.45, 7) is 0. The van der Waals surface area contributed by atoms with Crippen LogP contribution in [-0.4, -0.2) is 24.1 Å². The fourth-order valence-corrected chi connectivity index (χ4v) is 9.11. The van der Waals surface area contributed by atoms with Gasteiger partial charge in [-0.1, -0.05) is 200 Å². The van der Waals surface area contributed by atoms with Crippen molar-refractivity contribution in [3.8, 4) is 67.8 Å². The third kappa shape index (κ3) is 5.90. The molecule has 0 amide bonds. The van der Waals surface area contributed by atoms with Crippen LogP contribution >= 0.6 is 0 Å². The van der Waals surface area contributed by atoms with Gasteiger partial charge in [0.25, 0.3) is 0 Å². The van der Waals surface area contributed by atoms with Crippen LogP contribution in [0, 0.1) is 0 Å². The van der Waals surface area contributed by atoms with Crippen LogP contribution in [0.3, 0.4) is 0 Å². The van der Waals surface area contributed by atoms with Gasteiger partial charge in [0, 0.05) is 38.2 Å². The van der Waals surface area contributed by atoms with Gasteiger partial charge in [-0.25, -0.2) is 4.98 Å². The van der Waals surface area contributed by atoms with E-state index in [1.54, 1.807) is 0 Å². The molecule has 0 unspecified atom stereocenters. The first-order valence-corrected chi connectivity index (χ1v) is 21.0. The van der Waals surface area contributed by atoms with Gasteiger partial charge < -0.3 is 4.57 Å². The van der Waals surface area contributed by atoms with Crippen molar-refractivity contribution in [2.45, 2.75) is 0 Å². The van der Waals surface area contributed by atoms with Gasteiger partial charge in [-0.15, -0.1) is 0 Å². The molecule has 0 aliphatic rings. The number of fused-ring (bicyclic) bond motifs is 7. The molecule has 0 bridgehead atoms. The zero-order valence-electron chi connectivity index (χ0n) is 33.6. The van der Waals surface area contributed by atoms with Gasteiger partial charge in [-0.3, -0.25) is 4.57 Å². The average molecular weight is 792 g/mol. The Labute approximate surface area is 358 Å². The third-order valence-corrected chi connectivity index (χ3v) is 12.0. The fourth-order valence-electron chi connectivity index (χ4n) is 9.11. The van der Waals surface area contributed by atoms with Gasteiger partial charge in [0.05, 0.1) is 27.8 Å². The first-order valence-electron chi connectivity index (χ1n) is 21.0. The highest BCUT2D eigenvalue weighted by molar-refractivity contribution is 6.26. The van der Waals surface area contributed by atoms with Gasteiger partial charge in [0.2, 0.25) is 5.95 Å². The normalized spacial score (nSPS) is 11.5. The van der Waals surface area contributed by atoms with Crippen molar-refractivity contribution in [2.75, 3.05) is 0 Å². The molecule has 9 aromatic carbocycles. The van der Waals surface area contributed by atoms with E-state index >= 15 is 0 Å². The van der Waals surface area contributed by atoms with E-state index in [0.29, 0.717) is 17.6 Å². The van der Waals surface area contributed by atoms with Crippen molar-refractivity contribution >= 4 is 43.6 Å². The number of nitrogens with zero attached hydrogens (tertiary/aromatic N) is 5. The minimum absolute atomic E-state index is 0.558. The van der Waals surface area contributed by atoms with Gasteiger partial charge in [-0.2, -0.15) is 9.97 Å². The summed E-state index contributed by atoms with van der Waals surface area (Å²) in [5.74, 6) is 1.77. The maximum atomic E-state index is 5.33. The monoisotopic (exact) mass is 791 g/mol. The topological polar surface area (TPSA) is 48.5 Å². The molecule has 0 radical (unpaired) electrons. The predicted molar refractivity (Wildman–Crippen MR) is 256 cm³/mol. The van der Waals surface area contributed by atoms with E-state index < -0.39 is 0 Å². The lowest BCUT2D eigenvalue weighted by atomic mass is 10.0. The van der Waals surface area contributed by atoms with E-state index in [0.717, 1.165) is 71.9 Å². The van der Waals surface area contributed by atoms with Crippen molar-refractivity contribution < 1.29 is 0 Å². The van der Waals surface area contributed by atoms with Gasteiger partial charge in [0.15, 0.2) is 11.6 Å². The summed E-state index contributed by atoms with van der Waals surface area (Å²) >= 11 is 0. The Kier molecular flexibility index (Phi) is 8.42. The zero-order valence-corrected chi connectivity index (χ0v) is 33.6. The summed E-state index contributed by atoms with van der Waals surface area (Å²) in [7, 11) is 0. The molecule has 0 saturated heterocycles. The first kappa shape index (κ1) is 35.5. The molecule has 0 N–H and O–H groups in total. The highest BCUT2D eigenvalue weighted by Crippen LogP contribution is 2.43. The number of hydrogen-bond acceptors (Lipinski definition) is 3. The summed E-state index contributed by atoms with van der Waals surface area (Å²) in [5, 5.41) is 4.65. The van der Waals surface area contributed by atoms with Crippen molar-refractivity contribution in [2.24, 2.45) is 0 Å². The van der Waals surface area contributed by atoms with Crippen molar-refractivity contribution in [3.05, 3.63) is 224 Å². The number of hydrogen-bond donors (Lipinski definition) is 0. The number of aromatic nitrogens is 5. The molecule has 0 fully saturated rings. The second-order valence-corrected chi connectivity index (χ2v) is 15.6.